The summed E-state index contributed by atoms with van der Waals surface area (Å²) < 4.78 is 0. The van der Waals surface area contributed by atoms with Crippen LogP contribution in [0.3, 0.4) is 0 Å². The first-order valence-corrected chi connectivity index (χ1v) is 8.75. The number of nitrogens with zero attached hydrogens (tertiary/aromatic N) is 1. The Bertz CT molecular complexity index is 777. The summed E-state index contributed by atoms with van der Waals surface area (Å²) in [5.74, 6) is -0.163. The second-order valence-corrected chi connectivity index (χ2v) is 6.60. The molecule has 2 aromatic carbocycles. The Morgan fingerprint density at radius 1 is 1.04 bits per heavy atom. The fraction of sp³-hybridized carbons (Fsp3) is 0.263. The predicted octanol–water partition coefficient (Wildman–Crippen LogP) is 5.07. The van der Waals surface area contributed by atoms with Gasteiger partial charge in [0.25, 0.3) is 11.1 Å². The molecule has 1 saturated heterocycles. The van der Waals surface area contributed by atoms with E-state index in [2.05, 4.69) is 6.92 Å². The van der Waals surface area contributed by atoms with Crippen LogP contribution in [0.1, 0.15) is 31.7 Å². The van der Waals surface area contributed by atoms with E-state index in [4.69, 9.17) is 0 Å². The van der Waals surface area contributed by atoms with Crippen molar-refractivity contribution in [2.24, 2.45) is 0 Å². The van der Waals surface area contributed by atoms with Gasteiger partial charge in [0.1, 0.15) is 0 Å². The van der Waals surface area contributed by atoms with E-state index in [0.29, 0.717) is 11.4 Å². The molecule has 1 fully saturated rings. The largest absolute Gasteiger partial charge is 0.293 e. The highest BCUT2D eigenvalue weighted by Gasteiger charge is 2.34. The summed E-state index contributed by atoms with van der Waals surface area (Å²) in [7, 11) is 0. The minimum atomic E-state index is -0.163. The lowest BCUT2D eigenvalue weighted by Gasteiger charge is -2.11. The molecule has 0 bridgehead atoms. The van der Waals surface area contributed by atoms with Crippen LogP contribution in [-0.2, 0) is 4.79 Å². The maximum atomic E-state index is 12.5. The summed E-state index contributed by atoms with van der Waals surface area (Å²) in [6.45, 7) is 2.62. The summed E-state index contributed by atoms with van der Waals surface area (Å²) in [5.41, 5.74) is 0.974. The Hall–Kier alpha value is -2.07. The second kappa shape index (κ2) is 7.01. The molecule has 4 heteroatoms. The van der Waals surface area contributed by atoms with Gasteiger partial charge in [0, 0.05) is 6.54 Å². The van der Waals surface area contributed by atoms with Crippen molar-refractivity contribution in [2.45, 2.75) is 26.2 Å². The number of benzene rings is 2. The molecule has 3 nitrogen and oxygen atoms in total. The molecule has 0 aliphatic carbocycles. The summed E-state index contributed by atoms with van der Waals surface area (Å²) in [6.07, 6.45) is 4.81. The van der Waals surface area contributed by atoms with Gasteiger partial charge in [-0.25, -0.2) is 0 Å². The van der Waals surface area contributed by atoms with Crippen molar-refractivity contribution in [1.29, 1.82) is 0 Å². The molecule has 0 aromatic heterocycles. The maximum Gasteiger partial charge on any atom is 0.293 e. The third-order valence-corrected chi connectivity index (χ3v) is 4.88. The predicted molar refractivity (Wildman–Crippen MR) is 96.2 cm³/mol. The van der Waals surface area contributed by atoms with E-state index in [9.17, 15) is 9.59 Å². The number of imide groups is 1. The highest BCUT2D eigenvalue weighted by Crippen LogP contribution is 2.33. The topological polar surface area (TPSA) is 37.4 Å². The van der Waals surface area contributed by atoms with Crippen LogP contribution in [0.5, 0.6) is 0 Å². The van der Waals surface area contributed by atoms with Gasteiger partial charge in [0.15, 0.2) is 0 Å². The number of rotatable bonds is 5. The number of unbranched alkanes of at least 4 members (excludes halogenated alkanes) is 2. The van der Waals surface area contributed by atoms with E-state index in [1.807, 2.05) is 48.5 Å². The first-order chi connectivity index (χ1) is 11.2. The molecule has 23 heavy (non-hydrogen) atoms. The quantitative estimate of drug-likeness (QED) is 0.569. The fourth-order valence-electron chi connectivity index (χ4n) is 2.73. The molecule has 0 spiro atoms. The van der Waals surface area contributed by atoms with E-state index in [1.54, 1.807) is 0 Å². The second-order valence-electron chi connectivity index (χ2n) is 5.61. The van der Waals surface area contributed by atoms with Crippen LogP contribution in [0.15, 0.2) is 47.4 Å². The Labute approximate surface area is 140 Å². The zero-order chi connectivity index (χ0) is 16.2. The molecule has 0 unspecified atom stereocenters. The van der Waals surface area contributed by atoms with Crippen molar-refractivity contribution < 1.29 is 9.59 Å². The van der Waals surface area contributed by atoms with Crippen LogP contribution in [0.4, 0.5) is 4.79 Å². The molecule has 0 atom stereocenters. The number of carbonyl (C=O) groups excluding carboxylic acids is 2. The van der Waals surface area contributed by atoms with Crippen molar-refractivity contribution in [3.8, 4) is 0 Å². The third-order valence-electron chi connectivity index (χ3n) is 3.97. The number of hydrogen-bond donors (Lipinski definition) is 0. The van der Waals surface area contributed by atoms with Crippen molar-refractivity contribution in [1.82, 2.24) is 4.90 Å². The molecule has 3 rings (SSSR count). The van der Waals surface area contributed by atoms with Crippen LogP contribution >= 0.6 is 11.8 Å². The molecule has 0 saturated carbocycles. The minimum absolute atomic E-state index is 0.155. The molecule has 0 radical (unpaired) electrons. The normalized spacial score (nSPS) is 16.7. The average molecular weight is 325 g/mol. The molecular weight excluding hydrogens is 306 g/mol. The van der Waals surface area contributed by atoms with Gasteiger partial charge in [-0.2, -0.15) is 0 Å². The van der Waals surface area contributed by atoms with E-state index in [1.165, 1.54) is 4.90 Å². The summed E-state index contributed by atoms with van der Waals surface area (Å²) in [6, 6.07) is 14.1. The SMILES string of the molecule is CCCCCN1C(=O)S/C(=C\c2cccc3ccccc23)C1=O. The highest BCUT2D eigenvalue weighted by molar-refractivity contribution is 8.18. The van der Waals surface area contributed by atoms with Crippen LogP contribution in [0.2, 0.25) is 0 Å². The van der Waals surface area contributed by atoms with Crippen LogP contribution in [0, 0.1) is 0 Å². The number of carbonyl (C=O) groups is 2. The molecule has 0 N–H and O–H groups in total. The summed E-state index contributed by atoms with van der Waals surface area (Å²) in [5, 5.41) is 2.06. The Kier molecular flexibility index (Phi) is 4.82. The monoisotopic (exact) mass is 325 g/mol. The Balaban J connectivity index is 1.88. The van der Waals surface area contributed by atoms with Gasteiger partial charge in [-0.05, 0) is 40.6 Å². The molecular formula is C19H19NO2S. The van der Waals surface area contributed by atoms with Gasteiger partial charge >= 0.3 is 0 Å². The van der Waals surface area contributed by atoms with E-state index in [-0.39, 0.29) is 11.1 Å². The van der Waals surface area contributed by atoms with Gasteiger partial charge in [0.05, 0.1) is 4.91 Å². The van der Waals surface area contributed by atoms with Gasteiger partial charge in [-0.3, -0.25) is 14.5 Å². The number of fused-ring (bicyclic) bond motifs is 1. The van der Waals surface area contributed by atoms with Crippen LogP contribution < -0.4 is 0 Å². The average Bonchev–Trinajstić information content (AvgIpc) is 2.83. The van der Waals surface area contributed by atoms with Crippen molar-refractivity contribution in [2.75, 3.05) is 6.54 Å². The standard InChI is InChI=1S/C19H19NO2S/c1-2-3-6-12-20-18(21)17(23-19(20)22)13-15-10-7-9-14-8-4-5-11-16(14)15/h4-5,7-11,13H,2-3,6,12H2,1H3/b17-13-. The van der Waals surface area contributed by atoms with Crippen molar-refractivity contribution in [3.63, 3.8) is 0 Å². The molecule has 1 heterocycles. The van der Waals surface area contributed by atoms with Gasteiger partial charge in [-0.15, -0.1) is 0 Å². The molecule has 118 valence electrons. The maximum absolute atomic E-state index is 12.5. The van der Waals surface area contributed by atoms with E-state index < -0.39 is 0 Å². The van der Waals surface area contributed by atoms with Crippen molar-refractivity contribution >= 4 is 39.8 Å². The lowest BCUT2D eigenvalue weighted by atomic mass is 10.0. The van der Waals surface area contributed by atoms with E-state index >= 15 is 0 Å². The zero-order valence-electron chi connectivity index (χ0n) is 13.1. The molecule has 1 aliphatic rings. The molecule has 1 aliphatic heterocycles. The van der Waals surface area contributed by atoms with Gasteiger partial charge in [0.2, 0.25) is 0 Å². The lowest BCUT2D eigenvalue weighted by Crippen LogP contribution is -2.29. The molecule has 2 amide bonds. The fourth-order valence-corrected chi connectivity index (χ4v) is 3.59. The number of thioether (sulfide) groups is 1. The van der Waals surface area contributed by atoms with Gasteiger partial charge in [-0.1, -0.05) is 62.2 Å². The number of amides is 2. The minimum Gasteiger partial charge on any atom is -0.268 e. The summed E-state index contributed by atoms with van der Waals surface area (Å²) >= 11 is 1.04. The zero-order valence-corrected chi connectivity index (χ0v) is 13.9. The number of hydrogen-bond acceptors (Lipinski definition) is 3. The first-order valence-electron chi connectivity index (χ1n) is 7.94. The smallest absolute Gasteiger partial charge is 0.268 e. The highest BCUT2D eigenvalue weighted by atomic mass is 32.2. The van der Waals surface area contributed by atoms with E-state index in [0.717, 1.165) is 47.4 Å². The Morgan fingerprint density at radius 2 is 1.83 bits per heavy atom. The third kappa shape index (κ3) is 3.32. The first kappa shape index (κ1) is 15.8. The summed E-state index contributed by atoms with van der Waals surface area (Å²) in [4.78, 5) is 26.4. The van der Waals surface area contributed by atoms with Crippen LogP contribution in [0.25, 0.3) is 16.8 Å². The van der Waals surface area contributed by atoms with Gasteiger partial charge < -0.3 is 0 Å². The van der Waals surface area contributed by atoms with Crippen molar-refractivity contribution in [3.05, 3.63) is 52.9 Å². The lowest BCUT2D eigenvalue weighted by molar-refractivity contribution is -0.122. The molecule has 2 aromatic rings. The Morgan fingerprint density at radius 3 is 2.65 bits per heavy atom. The van der Waals surface area contributed by atoms with Crippen LogP contribution in [-0.4, -0.2) is 22.6 Å².